The molecule has 0 aromatic carbocycles. The SMILES string of the molecule is CN=C(NCC(C)SC)N(C)Cc1cnn(C)c1. The van der Waals surface area contributed by atoms with Gasteiger partial charge in [0.25, 0.3) is 0 Å². The molecule has 102 valence electrons. The van der Waals surface area contributed by atoms with E-state index in [4.69, 9.17) is 0 Å². The summed E-state index contributed by atoms with van der Waals surface area (Å²) in [5.41, 5.74) is 1.18. The van der Waals surface area contributed by atoms with Crippen LogP contribution in [0.3, 0.4) is 0 Å². The van der Waals surface area contributed by atoms with Gasteiger partial charge in [-0.1, -0.05) is 6.92 Å². The topological polar surface area (TPSA) is 45.5 Å². The summed E-state index contributed by atoms with van der Waals surface area (Å²) in [5.74, 6) is 0.916. The molecular weight excluding hydrogens is 246 g/mol. The molecule has 1 N–H and O–H groups in total. The van der Waals surface area contributed by atoms with Crippen LogP contribution in [0.25, 0.3) is 0 Å². The minimum absolute atomic E-state index is 0.577. The van der Waals surface area contributed by atoms with Gasteiger partial charge in [-0.2, -0.15) is 16.9 Å². The summed E-state index contributed by atoms with van der Waals surface area (Å²) in [6.07, 6.45) is 6.02. The molecule has 0 amide bonds. The van der Waals surface area contributed by atoms with Crippen molar-refractivity contribution in [3.8, 4) is 0 Å². The van der Waals surface area contributed by atoms with Crippen LogP contribution in [0.2, 0.25) is 0 Å². The van der Waals surface area contributed by atoms with Crippen molar-refractivity contribution in [2.24, 2.45) is 12.0 Å². The molecule has 18 heavy (non-hydrogen) atoms. The Kier molecular flexibility index (Phi) is 6.04. The molecule has 1 aromatic heterocycles. The van der Waals surface area contributed by atoms with Gasteiger partial charge in [0.15, 0.2) is 5.96 Å². The van der Waals surface area contributed by atoms with Crippen molar-refractivity contribution in [1.82, 2.24) is 20.0 Å². The van der Waals surface area contributed by atoms with Gasteiger partial charge in [-0.25, -0.2) is 0 Å². The molecule has 1 aromatic rings. The first-order valence-electron chi connectivity index (χ1n) is 5.99. The number of aryl methyl sites for hydroxylation is 1. The lowest BCUT2D eigenvalue weighted by atomic mass is 10.3. The molecule has 0 saturated heterocycles. The Labute approximate surface area is 114 Å². The van der Waals surface area contributed by atoms with E-state index < -0.39 is 0 Å². The molecule has 0 bridgehead atoms. The predicted molar refractivity (Wildman–Crippen MR) is 79.0 cm³/mol. The molecule has 0 radical (unpaired) electrons. The summed E-state index contributed by atoms with van der Waals surface area (Å²) in [5, 5.41) is 8.12. The van der Waals surface area contributed by atoms with Crippen LogP contribution < -0.4 is 5.32 Å². The second-order valence-electron chi connectivity index (χ2n) is 4.35. The molecule has 1 rings (SSSR count). The number of nitrogens with zero attached hydrogens (tertiary/aromatic N) is 4. The number of thioether (sulfide) groups is 1. The molecule has 1 unspecified atom stereocenters. The number of aliphatic imine (C=N–C) groups is 1. The minimum Gasteiger partial charge on any atom is -0.355 e. The quantitative estimate of drug-likeness (QED) is 0.644. The summed E-state index contributed by atoms with van der Waals surface area (Å²) in [7, 11) is 5.77. The van der Waals surface area contributed by atoms with Gasteiger partial charge in [0.1, 0.15) is 0 Å². The van der Waals surface area contributed by atoms with E-state index in [0.717, 1.165) is 19.0 Å². The first-order valence-corrected chi connectivity index (χ1v) is 7.27. The van der Waals surface area contributed by atoms with Crippen molar-refractivity contribution in [3.05, 3.63) is 18.0 Å². The predicted octanol–water partition coefficient (Wildman–Crippen LogP) is 1.18. The molecule has 1 atom stereocenters. The molecule has 0 aliphatic heterocycles. The fraction of sp³-hybridized carbons (Fsp3) is 0.667. The normalized spacial score (nSPS) is 13.5. The zero-order valence-corrected chi connectivity index (χ0v) is 12.7. The van der Waals surface area contributed by atoms with E-state index in [2.05, 4.69) is 33.5 Å². The van der Waals surface area contributed by atoms with Crippen LogP contribution in [0.15, 0.2) is 17.4 Å². The third-order valence-corrected chi connectivity index (χ3v) is 3.67. The van der Waals surface area contributed by atoms with Crippen LogP contribution in [0.5, 0.6) is 0 Å². The van der Waals surface area contributed by atoms with E-state index in [0.29, 0.717) is 5.25 Å². The molecule has 5 nitrogen and oxygen atoms in total. The average Bonchev–Trinajstić information content (AvgIpc) is 2.75. The molecule has 0 fully saturated rings. The lowest BCUT2D eigenvalue weighted by Crippen LogP contribution is -2.40. The van der Waals surface area contributed by atoms with E-state index in [1.165, 1.54) is 5.56 Å². The van der Waals surface area contributed by atoms with E-state index >= 15 is 0 Å². The van der Waals surface area contributed by atoms with E-state index in [1.54, 1.807) is 0 Å². The fourth-order valence-corrected chi connectivity index (χ4v) is 1.86. The second-order valence-corrected chi connectivity index (χ2v) is 5.63. The summed E-state index contributed by atoms with van der Waals surface area (Å²) >= 11 is 1.85. The maximum absolute atomic E-state index is 4.29. The average molecular weight is 269 g/mol. The molecule has 0 spiro atoms. The van der Waals surface area contributed by atoms with Crippen LogP contribution in [-0.4, -0.2) is 52.8 Å². The van der Waals surface area contributed by atoms with Crippen LogP contribution in [-0.2, 0) is 13.6 Å². The minimum atomic E-state index is 0.577. The number of guanidine groups is 1. The highest BCUT2D eigenvalue weighted by Gasteiger charge is 2.08. The first kappa shape index (κ1) is 14.9. The fourth-order valence-electron chi connectivity index (χ4n) is 1.61. The van der Waals surface area contributed by atoms with Crippen LogP contribution in [0, 0.1) is 0 Å². The Morgan fingerprint density at radius 1 is 1.67 bits per heavy atom. The van der Waals surface area contributed by atoms with Gasteiger partial charge >= 0.3 is 0 Å². The first-order chi connectivity index (χ1) is 8.56. The Bertz CT molecular complexity index is 388. The zero-order valence-electron chi connectivity index (χ0n) is 11.8. The van der Waals surface area contributed by atoms with Crippen LogP contribution >= 0.6 is 11.8 Å². The summed E-state index contributed by atoms with van der Waals surface area (Å²) in [6, 6.07) is 0. The van der Waals surface area contributed by atoms with Gasteiger partial charge in [0, 0.05) is 51.2 Å². The Balaban J connectivity index is 2.49. The van der Waals surface area contributed by atoms with E-state index in [-0.39, 0.29) is 0 Å². The highest BCUT2D eigenvalue weighted by molar-refractivity contribution is 7.99. The van der Waals surface area contributed by atoms with Crippen molar-refractivity contribution in [2.75, 3.05) is 26.9 Å². The van der Waals surface area contributed by atoms with Gasteiger partial charge < -0.3 is 10.2 Å². The smallest absolute Gasteiger partial charge is 0.193 e. The number of hydrogen-bond donors (Lipinski definition) is 1. The van der Waals surface area contributed by atoms with Crippen molar-refractivity contribution in [2.45, 2.75) is 18.7 Å². The maximum Gasteiger partial charge on any atom is 0.193 e. The molecule has 1 heterocycles. The number of rotatable bonds is 5. The number of nitrogens with one attached hydrogen (secondary N) is 1. The summed E-state index contributed by atoms with van der Waals surface area (Å²) < 4.78 is 1.81. The maximum atomic E-state index is 4.29. The van der Waals surface area contributed by atoms with Gasteiger partial charge in [0.2, 0.25) is 0 Å². The lowest BCUT2D eigenvalue weighted by Gasteiger charge is -2.22. The van der Waals surface area contributed by atoms with Crippen molar-refractivity contribution >= 4 is 17.7 Å². The third-order valence-electron chi connectivity index (χ3n) is 2.70. The number of aromatic nitrogens is 2. The van der Waals surface area contributed by atoms with Gasteiger partial charge in [-0.3, -0.25) is 9.67 Å². The monoisotopic (exact) mass is 269 g/mol. The lowest BCUT2D eigenvalue weighted by molar-refractivity contribution is 0.477. The van der Waals surface area contributed by atoms with Crippen molar-refractivity contribution in [1.29, 1.82) is 0 Å². The Morgan fingerprint density at radius 3 is 2.89 bits per heavy atom. The van der Waals surface area contributed by atoms with Crippen LogP contribution in [0.4, 0.5) is 0 Å². The standard InChI is InChI=1S/C12H23N5S/c1-10(18-5)6-14-12(13-2)16(3)8-11-7-15-17(4)9-11/h7,9-10H,6,8H2,1-5H3,(H,13,14). The van der Waals surface area contributed by atoms with Gasteiger partial charge in [-0.15, -0.1) is 0 Å². The Morgan fingerprint density at radius 2 is 2.39 bits per heavy atom. The van der Waals surface area contributed by atoms with Crippen molar-refractivity contribution in [3.63, 3.8) is 0 Å². The molecule has 0 aliphatic rings. The summed E-state index contributed by atoms with van der Waals surface area (Å²) in [4.78, 5) is 6.39. The molecule has 6 heteroatoms. The Hall–Kier alpha value is -1.17. The molecular formula is C12H23N5S. The van der Waals surface area contributed by atoms with Crippen LogP contribution in [0.1, 0.15) is 12.5 Å². The zero-order chi connectivity index (χ0) is 13.5. The van der Waals surface area contributed by atoms with Gasteiger partial charge in [-0.05, 0) is 6.26 Å². The molecule has 0 aliphatic carbocycles. The largest absolute Gasteiger partial charge is 0.355 e. The molecule has 0 saturated carbocycles. The number of hydrogen-bond acceptors (Lipinski definition) is 3. The highest BCUT2D eigenvalue weighted by atomic mass is 32.2. The second kappa shape index (κ2) is 7.31. The highest BCUT2D eigenvalue weighted by Crippen LogP contribution is 2.04. The van der Waals surface area contributed by atoms with E-state index in [1.807, 2.05) is 50.0 Å². The van der Waals surface area contributed by atoms with Gasteiger partial charge in [0.05, 0.1) is 6.20 Å². The van der Waals surface area contributed by atoms with E-state index in [9.17, 15) is 0 Å². The third kappa shape index (κ3) is 4.60. The summed E-state index contributed by atoms with van der Waals surface area (Å²) in [6.45, 7) is 3.93. The van der Waals surface area contributed by atoms with Crippen molar-refractivity contribution < 1.29 is 0 Å².